The number of hydrogen-bond acceptors (Lipinski definition) is 5. The predicted octanol–water partition coefficient (Wildman–Crippen LogP) is 2.50. The highest BCUT2D eigenvalue weighted by Crippen LogP contribution is 2.38. The topological polar surface area (TPSA) is 78.4 Å². The van der Waals surface area contributed by atoms with E-state index in [1.807, 2.05) is 0 Å². The highest BCUT2D eigenvalue weighted by molar-refractivity contribution is 5.78. The van der Waals surface area contributed by atoms with Gasteiger partial charge in [-0.15, -0.1) is 0 Å². The van der Waals surface area contributed by atoms with Gasteiger partial charge in [0, 0.05) is 38.2 Å². The Morgan fingerprint density at radius 3 is 2.56 bits per heavy atom. The number of phenolic OH excluding ortho intramolecular Hbond substituents is 1. The number of carbonyl (C=O) groups is 1. The number of benzene rings is 1. The Balaban J connectivity index is 1.73. The van der Waals surface area contributed by atoms with Crippen LogP contribution in [-0.2, 0) is 17.5 Å². The van der Waals surface area contributed by atoms with Gasteiger partial charge in [0.15, 0.2) is 0 Å². The third kappa shape index (κ3) is 4.19. The smallest absolute Gasteiger partial charge is 0.416 e. The fraction of sp³-hybridized carbons (Fsp3) is 0.389. The quantitative estimate of drug-likeness (QED) is 0.852. The van der Waals surface area contributed by atoms with Gasteiger partial charge in [-0.05, 0) is 36.8 Å². The molecular formula is C18H19F3N4O2. The van der Waals surface area contributed by atoms with Crippen LogP contribution in [0.2, 0.25) is 0 Å². The van der Waals surface area contributed by atoms with Crippen molar-refractivity contribution in [3.8, 4) is 17.0 Å². The number of alkyl halides is 3. The number of carbonyl (C=O) groups excluding carboxylic acids is 1. The van der Waals surface area contributed by atoms with Crippen LogP contribution in [-0.4, -0.2) is 45.7 Å². The summed E-state index contributed by atoms with van der Waals surface area (Å²) in [5, 5.41) is 21.4. The Morgan fingerprint density at radius 1 is 1.30 bits per heavy atom. The molecule has 1 amide bonds. The molecule has 27 heavy (non-hydrogen) atoms. The third-order valence-corrected chi connectivity index (χ3v) is 4.53. The Kier molecular flexibility index (Phi) is 5.05. The number of likely N-dealkylation sites (tertiary alicyclic amines) is 1. The first kappa shape index (κ1) is 19.1. The monoisotopic (exact) mass is 380 g/mol. The van der Waals surface area contributed by atoms with Crippen molar-refractivity contribution in [2.45, 2.75) is 32.1 Å². The van der Waals surface area contributed by atoms with Crippen molar-refractivity contribution in [2.75, 3.05) is 13.6 Å². The number of nitrogens with zero attached hydrogens (tertiary/aromatic N) is 3. The van der Waals surface area contributed by atoms with E-state index in [1.165, 1.54) is 6.92 Å². The van der Waals surface area contributed by atoms with Gasteiger partial charge < -0.3 is 15.3 Å². The lowest BCUT2D eigenvalue weighted by molar-refractivity contribution is -0.137. The molecule has 0 radical (unpaired) electrons. The van der Waals surface area contributed by atoms with Crippen LogP contribution >= 0.6 is 0 Å². The minimum Gasteiger partial charge on any atom is -0.507 e. The van der Waals surface area contributed by atoms with Gasteiger partial charge in [-0.3, -0.25) is 4.79 Å². The van der Waals surface area contributed by atoms with Crippen molar-refractivity contribution >= 4 is 5.91 Å². The maximum absolute atomic E-state index is 12.8. The summed E-state index contributed by atoms with van der Waals surface area (Å²) >= 11 is 0. The van der Waals surface area contributed by atoms with Crippen LogP contribution in [0.4, 0.5) is 13.2 Å². The molecule has 2 aromatic rings. The zero-order valence-corrected chi connectivity index (χ0v) is 14.8. The van der Waals surface area contributed by atoms with Crippen molar-refractivity contribution in [1.29, 1.82) is 0 Å². The van der Waals surface area contributed by atoms with E-state index < -0.39 is 17.5 Å². The molecule has 144 valence electrons. The summed E-state index contributed by atoms with van der Waals surface area (Å²) in [4.78, 5) is 13.2. The van der Waals surface area contributed by atoms with Crippen LogP contribution in [0.25, 0.3) is 11.3 Å². The van der Waals surface area contributed by atoms with Crippen LogP contribution in [0.5, 0.6) is 5.75 Å². The minimum atomic E-state index is -4.53. The van der Waals surface area contributed by atoms with Crippen LogP contribution in [0.1, 0.15) is 23.2 Å². The Morgan fingerprint density at radius 2 is 2.04 bits per heavy atom. The summed E-state index contributed by atoms with van der Waals surface area (Å²) in [6.07, 6.45) is -4.10. The van der Waals surface area contributed by atoms with Crippen molar-refractivity contribution in [3.63, 3.8) is 0 Å². The molecule has 1 fully saturated rings. The zero-order chi connectivity index (χ0) is 19.8. The fourth-order valence-electron chi connectivity index (χ4n) is 3.10. The molecule has 9 heteroatoms. The van der Waals surface area contributed by atoms with E-state index in [0.29, 0.717) is 37.0 Å². The summed E-state index contributed by atoms with van der Waals surface area (Å²) in [5.41, 5.74) is 0.488. The van der Waals surface area contributed by atoms with E-state index in [-0.39, 0.29) is 23.1 Å². The second-order valence-corrected chi connectivity index (χ2v) is 6.65. The first-order valence-corrected chi connectivity index (χ1v) is 8.36. The van der Waals surface area contributed by atoms with Gasteiger partial charge in [0.1, 0.15) is 5.75 Å². The molecule has 3 rings (SSSR count). The maximum atomic E-state index is 12.8. The maximum Gasteiger partial charge on any atom is 0.416 e. The zero-order valence-electron chi connectivity index (χ0n) is 14.8. The molecule has 1 atom stereocenters. The number of hydrogen-bond donors (Lipinski definition) is 2. The summed E-state index contributed by atoms with van der Waals surface area (Å²) in [6.45, 7) is 2.52. The van der Waals surface area contributed by atoms with E-state index in [2.05, 4.69) is 15.5 Å². The molecule has 2 heterocycles. The molecule has 2 N–H and O–H groups in total. The molecule has 1 aromatic carbocycles. The van der Waals surface area contributed by atoms with Gasteiger partial charge in [0.2, 0.25) is 5.91 Å². The van der Waals surface area contributed by atoms with E-state index in [9.17, 15) is 23.1 Å². The summed E-state index contributed by atoms with van der Waals surface area (Å²) in [6, 6.07) is 5.00. The average Bonchev–Trinajstić information content (AvgIpc) is 2.91. The van der Waals surface area contributed by atoms with Gasteiger partial charge in [-0.25, -0.2) is 0 Å². The second-order valence-electron chi connectivity index (χ2n) is 6.65. The number of likely N-dealkylation sites (N-methyl/N-ethyl adjacent to an activating group) is 1. The van der Waals surface area contributed by atoms with Crippen LogP contribution < -0.4 is 5.32 Å². The number of amides is 1. The summed E-state index contributed by atoms with van der Waals surface area (Å²) < 4.78 is 38.5. The van der Waals surface area contributed by atoms with Crippen molar-refractivity contribution < 1.29 is 23.1 Å². The lowest BCUT2D eigenvalue weighted by Gasteiger charge is -2.13. The van der Waals surface area contributed by atoms with Crippen LogP contribution in [0.15, 0.2) is 24.3 Å². The predicted molar refractivity (Wildman–Crippen MR) is 91.8 cm³/mol. The lowest BCUT2D eigenvalue weighted by atomic mass is 10.0. The lowest BCUT2D eigenvalue weighted by Crippen LogP contribution is -2.31. The summed E-state index contributed by atoms with van der Waals surface area (Å²) in [7, 11) is 1.75. The number of aryl methyl sites for hydroxylation is 1. The minimum absolute atomic E-state index is 0.0465. The van der Waals surface area contributed by atoms with Crippen molar-refractivity contribution in [1.82, 2.24) is 20.4 Å². The van der Waals surface area contributed by atoms with Gasteiger partial charge in [0.25, 0.3) is 0 Å². The molecule has 0 unspecified atom stereocenters. The molecule has 0 saturated carbocycles. The van der Waals surface area contributed by atoms with Gasteiger partial charge >= 0.3 is 6.18 Å². The first-order chi connectivity index (χ1) is 12.6. The van der Waals surface area contributed by atoms with Gasteiger partial charge in [-0.1, -0.05) is 0 Å². The normalized spacial score (nSPS) is 17.6. The molecule has 0 spiro atoms. The van der Waals surface area contributed by atoms with E-state index >= 15 is 0 Å². The van der Waals surface area contributed by atoms with Crippen LogP contribution in [0, 0.1) is 6.92 Å². The average molecular weight is 380 g/mol. The number of aromatic hydroxyl groups is 1. The molecule has 0 bridgehead atoms. The number of halogens is 3. The Bertz CT molecular complexity index is 830. The molecule has 1 aromatic heterocycles. The van der Waals surface area contributed by atoms with Gasteiger partial charge in [0.05, 0.1) is 17.0 Å². The van der Waals surface area contributed by atoms with E-state index in [1.54, 1.807) is 24.1 Å². The first-order valence-electron chi connectivity index (χ1n) is 8.36. The second kappa shape index (κ2) is 7.15. The van der Waals surface area contributed by atoms with Crippen LogP contribution in [0.3, 0.4) is 0 Å². The molecule has 0 aliphatic carbocycles. The molecule has 1 aliphatic rings. The highest BCUT2D eigenvalue weighted by atomic mass is 19.4. The fourth-order valence-corrected chi connectivity index (χ4v) is 3.10. The molecular weight excluding hydrogens is 361 g/mol. The number of nitrogens with one attached hydrogen (secondary N) is 1. The number of phenols is 1. The highest BCUT2D eigenvalue weighted by Gasteiger charge is 2.32. The Labute approximate surface area is 154 Å². The largest absolute Gasteiger partial charge is 0.507 e. The number of rotatable bonds is 4. The third-order valence-electron chi connectivity index (χ3n) is 4.53. The van der Waals surface area contributed by atoms with E-state index in [4.69, 9.17) is 0 Å². The van der Waals surface area contributed by atoms with Gasteiger partial charge in [-0.2, -0.15) is 23.4 Å². The molecule has 1 saturated heterocycles. The SMILES string of the molecule is Cc1cc(C(F)(F)F)cc(O)c1-c1ccc(CN[C@@H]2CC(=O)N(C)C2)nn1. The molecule has 1 aliphatic heterocycles. The van der Waals surface area contributed by atoms with Crippen molar-refractivity contribution in [2.24, 2.45) is 0 Å². The number of aromatic nitrogens is 2. The summed E-state index contributed by atoms with van der Waals surface area (Å²) in [5.74, 6) is -0.405. The van der Waals surface area contributed by atoms with Crippen molar-refractivity contribution in [3.05, 3.63) is 41.1 Å². The standard InChI is InChI=1S/C18H19F3N4O2/c1-10-5-11(18(19,20)21)6-15(26)17(10)14-4-3-12(23-24-14)8-22-13-7-16(27)25(2)9-13/h3-6,13,22,26H,7-9H2,1-2H3/t13-/m1/s1. The molecule has 6 nitrogen and oxygen atoms in total. The van der Waals surface area contributed by atoms with E-state index in [0.717, 1.165) is 6.07 Å². The Hall–Kier alpha value is -2.68.